The zero-order valence-electron chi connectivity index (χ0n) is 20.4. The third-order valence-electron chi connectivity index (χ3n) is 7.79. The van der Waals surface area contributed by atoms with Crippen LogP contribution in [-0.2, 0) is 16.8 Å². The van der Waals surface area contributed by atoms with Crippen molar-refractivity contribution in [1.29, 1.82) is 0 Å². The third-order valence-corrected chi connectivity index (χ3v) is 7.79. The molecule has 1 saturated carbocycles. The summed E-state index contributed by atoms with van der Waals surface area (Å²) in [5.74, 6) is 0.831. The summed E-state index contributed by atoms with van der Waals surface area (Å²) >= 11 is 0. The second-order valence-electron chi connectivity index (χ2n) is 9.65. The molecule has 6 heteroatoms. The number of hydrogen-bond acceptors (Lipinski definition) is 4. The minimum absolute atomic E-state index is 0.00584. The van der Waals surface area contributed by atoms with Gasteiger partial charge in [-0.15, -0.1) is 0 Å². The number of carbonyl (C=O) groups excluding carboxylic acids is 1. The number of methoxy groups -OCH3 is 2. The quantitative estimate of drug-likeness (QED) is 0.599. The summed E-state index contributed by atoms with van der Waals surface area (Å²) in [5.41, 5.74) is 2.35. The second kappa shape index (κ2) is 9.74. The van der Waals surface area contributed by atoms with Gasteiger partial charge in [-0.1, -0.05) is 42.5 Å². The van der Waals surface area contributed by atoms with Crippen LogP contribution in [0.5, 0.6) is 5.75 Å². The van der Waals surface area contributed by atoms with Crippen molar-refractivity contribution in [3.05, 3.63) is 65.7 Å². The maximum atomic E-state index is 13.5. The van der Waals surface area contributed by atoms with E-state index in [4.69, 9.17) is 9.47 Å². The van der Waals surface area contributed by atoms with Gasteiger partial charge in [-0.25, -0.2) is 4.79 Å². The fourth-order valence-corrected chi connectivity index (χ4v) is 5.77. The van der Waals surface area contributed by atoms with Crippen LogP contribution in [0.2, 0.25) is 0 Å². The molecule has 0 N–H and O–H groups in total. The molecule has 0 atom stereocenters. The topological polar surface area (TPSA) is 45.3 Å². The zero-order valence-corrected chi connectivity index (χ0v) is 20.4. The van der Waals surface area contributed by atoms with Crippen molar-refractivity contribution < 1.29 is 14.3 Å². The Morgan fingerprint density at radius 2 is 1.61 bits per heavy atom. The number of amides is 2. The van der Waals surface area contributed by atoms with Crippen LogP contribution in [0.3, 0.4) is 0 Å². The molecule has 2 aromatic carbocycles. The summed E-state index contributed by atoms with van der Waals surface area (Å²) in [4.78, 5) is 20.0. The van der Waals surface area contributed by atoms with Gasteiger partial charge in [0, 0.05) is 32.3 Å². The normalized spacial score (nSPS) is 25.3. The van der Waals surface area contributed by atoms with Gasteiger partial charge in [0.2, 0.25) is 0 Å². The van der Waals surface area contributed by atoms with E-state index in [2.05, 4.69) is 54.2 Å². The van der Waals surface area contributed by atoms with Gasteiger partial charge in [0.25, 0.3) is 0 Å². The van der Waals surface area contributed by atoms with Crippen LogP contribution in [0.1, 0.15) is 36.8 Å². The number of hydrogen-bond donors (Lipinski definition) is 0. The molecule has 6 nitrogen and oxygen atoms in total. The Bertz CT molecular complexity index is 921. The highest BCUT2D eigenvalue weighted by Crippen LogP contribution is 2.49. The summed E-state index contributed by atoms with van der Waals surface area (Å²) in [6.45, 7) is 2.57. The first-order valence-electron chi connectivity index (χ1n) is 11.9. The van der Waals surface area contributed by atoms with E-state index >= 15 is 0 Å². The fraction of sp³-hybridized carbons (Fsp3) is 0.519. The van der Waals surface area contributed by atoms with Crippen LogP contribution in [0.4, 0.5) is 4.79 Å². The van der Waals surface area contributed by atoms with E-state index in [0.29, 0.717) is 19.7 Å². The van der Waals surface area contributed by atoms with Gasteiger partial charge in [-0.2, -0.15) is 0 Å². The van der Waals surface area contributed by atoms with Gasteiger partial charge >= 0.3 is 6.03 Å². The summed E-state index contributed by atoms with van der Waals surface area (Å²) in [6.07, 6.45) is 4.01. The van der Waals surface area contributed by atoms with Gasteiger partial charge < -0.3 is 19.3 Å². The number of urea groups is 1. The average molecular weight is 452 g/mol. The van der Waals surface area contributed by atoms with Gasteiger partial charge in [0.05, 0.1) is 19.3 Å². The molecule has 0 aromatic heterocycles. The monoisotopic (exact) mass is 451 g/mol. The molecule has 0 radical (unpaired) electrons. The van der Waals surface area contributed by atoms with E-state index in [1.807, 2.05) is 29.2 Å². The lowest BCUT2D eigenvalue weighted by atomic mass is 9.68. The molecular weight excluding hydrogens is 414 g/mol. The average Bonchev–Trinajstić information content (AvgIpc) is 3.09. The standard InChI is InChI=1S/C27H37N3O3/c1-28(2)27(23-8-6-5-7-9-23)16-14-26(15-17-27)21-29(25(31)30(26)18-19-32-3)20-22-10-12-24(33-4)13-11-22/h5-13H,14-21H2,1-4H3/t26-,27+. The van der Waals surface area contributed by atoms with Crippen LogP contribution >= 0.6 is 0 Å². The molecule has 4 rings (SSSR count). The first kappa shape index (κ1) is 23.6. The van der Waals surface area contributed by atoms with Crippen LogP contribution in [0.15, 0.2) is 54.6 Å². The Morgan fingerprint density at radius 3 is 2.18 bits per heavy atom. The van der Waals surface area contributed by atoms with Crippen molar-refractivity contribution in [3.8, 4) is 5.75 Å². The molecule has 2 amide bonds. The van der Waals surface area contributed by atoms with Crippen molar-refractivity contribution in [1.82, 2.24) is 14.7 Å². The summed E-state index contributed by atoms with van der Waals surface area (Å²) in [7, 11) is 7.74. The van der Waals surface area contributed by atoms with Crippen molar-refractivity contribution in [2.24, 2.45) is 0 Å². The molecule has 2 aliphatic rings. The van der Waals surface area contributed by atoms with Crippen LogP contribution in [0.25, 0.3) is 0 Å². The molecule has 178 valence electrons. The lowest BCUT2D eigenvalue weighted by Gasteiger charge is -2.51. The van der Waals surface area contributed by atoms with Crippen molar-refractivity contribution in [2.75, 3.05) is 48.0 Å². The highest BCUT2D eigenvalue weighted by atomic mass is 16.5. The van der Waals surface area contributed by atoms with Gasteiger partial charge in [-0.3, -0.25) is 4.90 Å². The van der Waals surface area contributed by atoms with E-state index in [0.717, 1.165) is 43.5 Å². The second-order valence-corrected chi connectivity index (χ2v) is 9.65. The highest BCUT2D eigenvalue weighted by molar-refractivity contribution is 5.78. The summed E-state index contributed by atoms with van der Waals surface area (Å²) in [6, 6.07) is 19.0. The largest absolute Gasteiger partial charge is 0.497 e. The van der Waals surface area contributed by atoms with Crippen LogP contribution in [0, 0.1) is 0 Å². The molecule has 33 heavy (non-hydrogen) atoms. The Hall–Kier alpha value is -2.57. The maximum absolute atomic E-state index is 13.5. The summed E-state index contributed by atoms with van der Waals surface area (Å²) < 4.78 is 10.7. The van der Waals surface area contributed by atoms with E-state index in [-0.39, 0.29) is 17.1 Å². The molecule has 1 aliphatic heterocycles. The molecule has 2 aromatic rings. The van der Waals surface area contributed by atoms with Crippen molar-refractivity contribution >= 4 is 6.03 Å². The van der Waals surface area contributed by atoms with Gasteiger partial charge in [-0.05, 0) is 63.0 Å². The molecular formula is C27H37N3O3. The van der Waals surface area contributed by atoms with Crippen LogP contribution < -0.4 is 4.74 Å². The highest BCUT2D eigenvalue weighted by Gasteiger charge is 2.54. The van der Waals surface area contributed by atoms with Gasteiger partial charge in [0.1, 0.15) is 5.75 Å². The van der Waals surface area contributed by atoms with Crippen LogP contribution in [-0.4, -0.2) is 74.3 Å². The molecule has 2 fully saturated rings. The Balaban J connectivity index is 1.56. The fourth-order valence-electron chi connectivity index (χ4n) is 5.77. The number of ether oxygens (including phenoxy) is 2. The van der Waals surface area contributed by atoms with E-state index < -0.39 is 0 Å². The lowest BCUT2D eigenvalue weighted by molar-refractivity contribution is 0.0175. The van der Waals surface area contributed by atoms with E-state index in [1.54, 1.807) is 14.2 Å². The summed E-state index contributed by atoms with van der Waals surface area (Å²) in [5, 5.41) is 0. The molecule has 0 unspecified atom stereocenters. The maximum Gasteiger partial charge on any atom is 0.320 e. The number of carbonyl (C=O) groups is 1. The van der Waals surface area contributed by atoms with Crippen molar-refractivity contribution in [3.63, 3.8) is 0 Å². The Kier molecular flexibility index (Phi) is 6.96. The van der Waals surface area contributed by atoms with E-state index in [9.17, 15) is 4.79 Å². The smallest absolute Gasteiger partial charge is 0.320 e. The predicted molar refractivity (Wildman–Crippen MR) is 130 cm³/mol. The predicted octanol–water partition coefficient (Wildman–Crippen LogP) is 4.35. The number of nitrogens with zero attached hydrogens (tertiary/aromatic N) is 3. The molecule has 1 aliphatic carbocycles. The zero-order chi connectivity index (χ0) is 23.5. The molecule has 1 heterocycles. The Morgan fingerprint density at radius 1 is 0.939 bits per heavy atom. The van der Waals surface area contributed by atoms with E-state index in [1.165, 1.54) is 5.56 Å². The molecule has 1 spiro atoms. The third kappa shape index (κ3) is 4.46. The minimum atomic E-state index is -0.142. The first-order chi connectivity index (χ1) is 15.9. The SMILES string of the molecule is COCCN1C(=O)N(Cc2ccc(OC)cc2)C[C@]12CC[C@](c1ccccc1)(N(C)C)CC2. The van der Waals surface area contributed by atoms with Gasteiger partial charge in [0.15, 0.2) is 0 Å². The molecule has 0 bridgehead atoms. The number of rotatable bonds is 8. The molecule has 1 saturated heterocycles. The Labute approximate surface area is 198 Å². The lowest BCUT2D eigenvalue weighted by Crippen LogP contribution is -2.56. The minimum Gasteiger partial charge on any atom is -0.497 e. The first-order valence-corrected chi connectivity index (χ1v) is 11.9. The number of benzene rings is 2. The van der Waals surface area contributed by atoms with Crippen molar-refractivity contribution in [2.45, 2.75) is 43.3 Å².